The van der Waals surface area contributed by atoms with Crippen LogP contribution in [0.15, 0.2) is 12.2 Å². The number of amides is 1. The molecule has 0 aromatic rings. The Morgan fingerprint density at radius 3 is 3.00 bits per heavy atom. The summed E-state index contributed by atoms with van der Waals surface area (Å²) in [5.74, 6) is -1.20. The van der Waals surface area contributed by atoms with Gasteiger partial charge in [0.05, 0.1) is 25.2 Å². The van der Waals surface area contributed by atoms with Crippen molar-refractivity contribution in [1.82, 2.24) is 4.90 Å². The molecule has 1 spiro atoms. The maximum Gasteiger partial charge on any atom is 0.312 e. The van der Waals surface area contributed by atoms with Crippen LogP contribution >= 0.6 is 0 Å². The summed E-state index contributed by atoms with van der Waals surface area (Å²) < 4.78 is 11.0. The van der Waals surface area contributed by atoms with Crippen molar-refractivity contribution in [3.05, 3.63) is 12.2 Å². The SMILES string of the molecule is CCOC(=O)[C@@H]1[C@H]2C(=O)N(C(C)C)C[C@@]23C=C[C@H]1O3. The molecule has 3 rings (SSSR count). The van der Waals surface area contributed by atoms with Crippen molar-refractivity contribution in [2.45, 2.75) is 38.5 Å². The number of hydrogen-bond donors (Lipinski definition) is 0. The average molecular weight is 265 g/mol. The molecule has 5 heteroatoms. The normalized spacial score (nSPS) is 39.3. The van der Waals surface area contributed by atoms with E-state index in [1.807, 2.05) is 26.0 Å². The number of carbonyl (C=O) groups excluding carboxylic acids is 2. The molecule has 0 N–H and O–H groups in total. The van der Waals surface area contributed by atoms with Crippen molar-refractivity contribution in [2.75, 3.05) is 13.2 Å². The Bertz CT molecular complexity index is 458. The molecule has 0 aromatic carbocycles. The second-order valence-electron chi connectivity index (χ2n) is 5.71. The first-order valence-corrected chi connectivity index (χ1v) is 6.84. The van der Waals surface area contributed by atoms with Crippen LogP contribution in [0.1, 0.15) is 20.8 Å². The third kappa shape index (κ3) is 1.57. The zero-order valence-corrected chi connectivity index (χ0v) is 11.5. The van der Waals surface area contributed by atoms with E-state index >= 15 is 0 Å². The summed E-state index contributed by atoms with van der Waals surface area (Å²) >= 11 is 0. The van der Waals surface area contributed by atoms with Crippen molar-refractivity contribution in [2.24, 2.45) is 11.8 Å². The molecule has 2 fully saturated rings. The summed E-state index contributed by atoms with van der Waals surface area (Å²) in [5.41, 5.74) is -0.608. The highest BCUT2D eigenvalue weighted by atomic mass is 16.6. The number of carbonyl (C=O) groups is 2. The van der Waals surface area contributed by atoms with Crippen LogP contribution in [0.4, 0.5) is 0 Å². The van der Waals surface area contributed by atoms with E-state index in [4.69, 9.17) is 9.47 Å². The van der Waals surface area contributed by atoms with Gasteiger partial charge in [0.25, 0.3) is 0 Å². The highest BCUT2D eigenvalue weighted by molar-refractivity contribution is 5.91. The Kier molecular flexibility index (Phi) is 2.71. The Labute approximate surface area is 112 Å². The standard InChI is InChI=1S/C14H19NO4/c1-4-18-13(17)10-9-5-6-14(19-9)7-15(8(2)3)12(16)11(10)14/h5-6,8-11H,4,7H2,1-3H3/t9-,10+,11+,14+/m1/s1. The van der Waals surface area contributed by atoms with Gasteiger partial charge in [-0.2, -0.15) is 0 Å². The molecule has 2 bridgehead atoms. The van der Waals surface area contributed by atoms with Crippen LogP contribution in [-0.2, 0) is 19.1 Å². The number of ether oxygens (including phenoxy) is 2. The van der Waals surface area contributed by atoms with Crippen LogP contribution < -0.4 is 0 Å². The van der Waals surface area contributed by atoms with Gasteiger partial charge in [0.15, 0.2) is 0 Å². The first-order chi connectivity index (χ1) is 9.00. The van der Waals surface area contributed by atoms with E-state index < -0.39 is 17.4 Å². The van der Waals surface area contributed by atoms with Crippen molar-refractivity contribution >= 4 is 11.9 Å². The summed E-state index contributed by atoms with van der Waals surface area (Å²) in [7, 11) is 0. The van der Waals surface area contributed by atoms with E-state index in [1.165, 1.54) is 0 Å². The van der Waals surface area contributed by atoms with E-state index in [0.29, 0.717) is 13.2 Å². The van der Waals surface area contributed by atoms with Crippen LogP contribution in [0.3, 0.4) is 0 Å². The Balaban J connectivity index is 1.93. The smallest absolute Gasteiger partial charge is 0.312 e. The summed E-state index contributed by atoms with van der Waals surface area (Å²) in [6.45, 7) is 6.59. The maximum absolute atomic E-state index is 12.5. The quantitative estimate of drug-likeness (QED) is 0.558. The van der Waals surface area contributed by atoms with Gasteiger partial charge in [-0.3, -0.25) is 9.59 Å². The average Bonchev–Trinajstić information content (AvgIpc) is 2.98. The van der Waals surface area contributed by atoms with E-state index in [2.05, 4.69) is 0 Å². The van der Waals surface area contributed by atoms with Gasteiger partial charge in [-0.15, -0.1) is 0 Å². The van der Waals surface area contributed by atoms with Crippen molar-refractivity contribution in [3.63, 3.8) is 0 Å². The molecule has 0 aromatic heterocycles. The summed E-state index contributed by atoms with van der Waals surface area (Å²) in [6.07, 6.45) is 3.55. The minimum Gasteiger partial charge on any atom is -0.466 e. The predicted molar refractivity (Wildman–Crippen MR) is 67.2 cm³/mol. The van der Waals surface area contributed by atoms with E-state index in [9.17, 15) is 9.59 Å². The van der Waals surface area contributed by atoms with Crippen molar-refractivity contribution in [1.29, 1.82) is 0 Å². The van der Waals surface area contributed by atoms with Gasteiger partial charge in [-0.1, -0.05) is 12.2 Å². The monoisotopic (exact) mass is 265 g/mol. The number of likely N-dealkylation sites (tertiary alicyclic amines) is 1. The molecule has 4 atom stereocenters. The molecule has 5 nitrogen and oxygen atoms in total. The van der Waals surface area contributed by atoms with Gasteiger partial charge in [-0.05, 0) is 20.8 Å². The second-order valence-corrected chi connectivity index (χ2v) is 5.71. The van der Waals surface area contributed by atoms with Crippen LogP contribution in [0.2, 0.25) is 0 Å². The summed E-state index contributed by atoms with van der Waals surface area (Å²) in [5, 5.41) is 0. The van der Waals surface area contributed by atoms with Gasteiger partial charge in [0.1, 0.15) is 11.5 Å². The minimum absolute atomic E-state index is 0.0138. The summed E-state index contributed by atoms with van der Waals surface area (Å²) in [6, 6.07) is 0.117. The lowest BCUT2D eigenvalue weighted by molar-refractivity contribution is -0.153. The van der Waals surface area contributed by atoms with Crippen LogP contribution in [0, 0.1) is 11.8 Å². The van der Waals surface area contributed by atoms with Gasteiger partial charge < -0.3 is 14.4 Å². The number of esters is 1. The highest BCUT2D eigenvalue weighted by Crippen LogP contribution is 2.52. The first kappa shape index (κ1) is 12.7. The lowest BCUT2D eigenvalue weighted by Crippen LogP contribution is -2.40. The van der Waals surface area contributed by atoms with Gasteiger partial charge >= 0.3 is 5.97 Å². The zero-order valence-electron chi connectivity index (χ0n) is 11.5. The van der Waals surface area contributed by atoms with Gasteiger partial charge in [-0.25, -0.2) is 0 Å². The van der Waals surface area contributed by atoms with Gasteiger partial charge in [0, 0.05) is 6.04 Å². The van der Waals surface area contributed by atoms with Crippen LogP contribution in [0.5, 0.6) is 0 Å². The first-order valence-electron chi connectivity index (χ1n) is 6.84. The van der Waals surface area contributed by atoms with Crippen molar-refractivity contribution < 1.29 is 19.1 Å². The Morgan fingerprint density at radius 2 is 2.37 bits per heavy atom. The zero-order chi connectivity index (χ0) is 13.8. The molecular formula is C14H19NO4. The Hall–Kier alpha value is -1.36. The Morgan fingerprint density at radius 1 is 1.63 bits per heavy atom. The fraction of sp³-hybridized carbons (Fsp3) is 0.714. The molecule has 3 aliphatic heterocycles. The molecule has 1 amide bonds. The highest BCUT2D eigenvalue weighted by Gasteiger charge is 2.67. The molecule has 3 aliphatic rings. The van der Waals surface area contributed by atoms with E-state index in [-0.39, 0.29) is 24.0 Å². The van der Waals surface area contributed by atoms with Crippen molar-refractivity contribution in [3.8, 4) is 0 Å². The fourth-order valence-corrected chi connectivity index (χ4v) is 3.47. The third-order valence-electron chi connectivity index (χ3n) is 4.31. The molecule has 0 unspecified atom stereocenters. The van der Waals surface area contributed by atoms with Crippen LogP contribution in [-0.4, -0.2) is 47.7 Å². The van der Waals surface area contributed by atoms with Crippen LogP contribution in [0.25, 0.3) is 0 Å². The molecule has 0 aliphatic carbocycles. The molecule has 3 heterocycles. The summed E-state index contributed by atoms with van der Waals surface area (Å²) in [4.78, 5) is 26.4. The number of hydrogen-bond acceptors (Lipinski definition) is 4. The number of nitrogens with zero attached hydrogens (tertiary/aromatic N) is 1. The largest absolute Gasteiger partial charge is 0.466 e. The molecule has 2 saturated heterocycles. The maximum atomic E-state index is 12.5. The van der Waals surface area contributed by atoms with E-state index in [0.717, 1.165) is 0 Å². The lowest BCUT2D eigenvalue weighted by Gasteiger charge is -2.24. The molecule has 0 radical (unpaired) electrons. The third-order valence-corrected chi connectivity index (χ3v) is 4.31. The lowest BCUT2D eigenvalue weighted by atomic mass is 9.77. The molecule has 0 saturated carbocycles. The number of rotatable bonds is 3. The molecule has 104 valence electrons. The number of fused-ring (bicyclic) bond motifs is 1. The minimum atomic E-state index is -0.608. The van der Waals surface area contributed by atoms with E-state index in [1.54, 1.807) is 11.8 Å². The van der Waals surface area contributed by atoms with Gasteiger partial charge in [0.2, 0.25) is 5.91 Å². The topological polar surface area (TPSA) is 55.8 Å². The predicted octanol–water partition coefficient (Wildman–Crippen LogP) is 0.740. The second kappa shape index (κ2) is 4.07. The fourth-order valence-electron chi connectivity index (χ4n) is 3.47. The molecular weight excluding hydrogens is 246 g/mol. The molecule has 19 heavy (non-hydrogen) atoms.